The number of piperazine rings is 1. The lowest BCUT2D eigenvalue weighted by atomic mass is 10.0. The summed E-state index contributed by atoms with van der Waals surface area (Å²) in [6, 6.07) is 16.0. The van der Waals surface area contributed by atoms with Gasteiger partial charge in [-0.05, 0) is 55.8 Å². The van der Waals surface area contributed by atoms with E-state index in [0.29, 0.717) is 30.1 Å². The molecule has 2 aliphatic rings. The average molecular weight is 392 g/mol. The summed E-state index contributed by atoms with van der Waals surface area (Å²) in [5, 5.41) is 0. The highest BCUT2D eigenvalue weighted by Crippen LogP contribution is 2.30. The molecule has 2 aromatic carbocycles. The molecule has 0 amide bonds. The van der Waals surface area contributed by atoms with Crippen LogP contribution >= 0.6 is 0 Å². The fourth-order valence-corrected chi connectivity index (χ4v) is 3.83. The molecule has 152 valence electrons. The molecule has 0 atom stereocenters. The maximum atomic E-state index is 12.5. The van der Waals surface area contributed by atoms with Crippen LogP contribution < -0.4 is 14.4 Å². The summed E-state index contributed by atoms with van der Waals surface area (Å²) in [6.45, 7) is 5.84. The summed E-state index contributed by atoms with van der Waals surface area (Å²) in [5.74, 6) is 1.46. The van der Waals surface area contributed by atoms with Crippen LogP contribution in [0.15, 0.2) is 60.9 Å². The molecule has 0 spiro atoms. The van der Waals surface area contributed by atoms with Crippen molar-refractivity contribution >= 4 is 11.5 Å². The monoisotopic (exact) mass is 392 g/mol. The fraction of sp³-hybridized carbons (Fsp3) is 0.375. The number of Topliss-reactive ketones (excluding diaryl/α,β-unsaturated/α-hetero) is 1. The van der Waals surface area contributed by atoms with Crippen LogP contribution in [-0.2, 0) is 0 Å². The maximum absolute atomic E-state index is 12.5. The van der Waals surface area contributed by atoms with Crippen molar-refractivity contribution in [3.8, 4) is 11.5 Å². The van der Waals surface area contributed by atoms with Crippen LogP contribution in [0.2, 0.25) is 0 Å². The van der Waals surface area contributed by atoms with Crippen molar-refractivity contribution in [2.24, 2.45) is 0 Å². The Bertz CT molecular complexity index is 842. The van der Waals surface area contributed by atoms with Gasteiger partial charge in [-0.2, -0.15) is 0 Å². The van der Waals surface area contributed by atoms with Crippen molar-refractivity contribution < 1.29 is 14.3 Å². The minimum atomic E-state index is 0.165. The Hall–Kier alpha value is -2.79. The van der Waals surface area contributed by atoms with Crippen LogP contribution in [-0.4, -0.2) is 50.0 Å². The number of nitrogens with zero attached hydrogens (tertiary/aromatic N) is 2. The van der Waals surface area contributed by atoms with E-state index in [-0.39, 0.29) is 5.78 Å². The van der Waals surface area contributed by atoms with E-state index in [2.05, 4.69) is 40.1 Å². The zero-order chi connectivity index (χ0) is 19.9. The molecule has 2 aromatic rings. The van der Waals surface area contributed by atoms with Crippen LogP contribution in [0.25, 0.3) is 0 Å². The summed E-state index contributed by atoms with van der Waals surface area (Å²) < 4.78 is 11.1. The number of ether oxygens (including phenoxy) is 2. The fourth-order valence-electron chi connectivity index (χ4n) is 3.83. The van der Waals surface area contributed by atoms with Crippen LogP contribution in [0.4, 0.5) is 5.69 Å². The van der Waals surface area contributed by atoms with Gasteiger partial charge < -0.3 is 14.4 Å². The Morgan fingerprint density at radius 3 is 2.59 bits per heavy atom. The molecule has 29 heavy (non-hydrogen) atoms. The quantitative estimate of drug-likeness (QED) is 0.523. The lowest BCUT2D eigenvalue weighted by molar-refractivity contribution is 0.0977. The summed E-state index contributed by atoms with van der Waals surface area (Å²) in [5.41, 5.74) is 2.00. The van der Waals surface area contributed by atoms with E-state index >= 15 is 0 Å². The summed E-state index contributed by atoms with van der Waals surface area (Å²) >= 11 is 0. The largest absolute Gasteiger partial charge is 0.485 e. The zero-order valence-electron chi connectivity index (χ0n) is 16.8. The van der Waals surface area contributed by atoms with Gasteiger partial charge in [0, 0.05) is 43.9 Å². The lowest BCUT2D eigenvalue weighted by Gasteiger charge is -2.36. The Labute approximate surface area is 172 Å². The van der Waals surface area contributed by atoms with Crippen molar-refractivity contribution in [1.82, 2.24) is 4.90 Å². The number of unbranched alkanes of at least 4 members (excludes halogenated alkanes) is 1. The number of hydrogen-bond donors (Lipinski definition) is 0. The SMILES string of the molecule is O=C(CCCCN1CCN(c2ccccc2)CC1)c1ccc2c(c1)OC=CCO2. The highest BCUT2D eigenvalue weighted by molar-refractivity contribution is 5.96. The zero-order valence-corrected chi connectivity index (χ0v) is 16.8. The smallest absolute Gasteiger partial charge is 0.169 e. The lowest BCUT2D eigenvalue weighted by Crippen LogP contribution is -2.46. The van der Waals surface area contributed by atoms with Crippen LogP contribution in [0.3, 0.4) is 0 Å². The molecule has 2 heterocycles. The molecule has 2 aliphatic heterocycles. The van der Waals surface area contributed by atoms with Gasteiger partial charge in [0.2, 0.25) is 0 Å². The van der Waals surface area contributed by atoms with E-state index in [1.807, 2.05) is 12.1 Å². The van der Waals surface area contributed by atoms with Gasteiger partial charge in [-0.1, -0.05) is 18.2 Å². The molecule has 0 radical (unpaired) electrons. The van der Waals surface area contributed by atoms with Crippen LogP contribution in [0.5, 0.6) is 11.5 Å². The van der Waals surface area contributed by atoms with E-state index in [0.717, 1.165) is 45.6 Å². The van der Waals surface area contributed by atoms with Gasteiger partial charge in [0.25, 0.3) is 0 Å². The predicted molar refractivity (Wildman–Crippen MR) is 115 cm³/mol. The number of carbonyl (C=O) groups is 1. The Morgan fingerprint density at radius 1 is 0.931 bits per heavy atom. The summed E-state index contributed by atoms with van der Waals surface area (Å²) in [7, 11) is 0. The van der Waals surface area contributed by atoms with E-state index in [4.69, 9.17) is 9.47 Å². The molecule has 0 aliphatic carbocycles. The number of ketones is 1. The minimum Gasteiger partial charge on any atom is -0.485 e. The second kappa shape index (κ2) is 9.61. The molecule has 5 heteroatoms. The number of carbonyl (C=O) groups excluding carboxylic acids is 1. The number of benzene rings is 2. The second-order valence-electron chi connectivity index (χ2n) is 7.51. The first kappa shape index (κ1) is 19.5. The molecule has 0 aromatic heterocycles. The van der Waals surface area contributed by atoms with E-state index in [1.165, 1.54) is 5.69 Å². The van der Waals surface area contributed by atoms with E-state index in [1.54, 1.807) is 18.4 Å². The van der Waals surface area contributed by atoms with Gasteiger partial charge in [-0.3, -0.25) is 9.69 Å². The van der Waals surface area contributed by atoms with Gasteiger partial charge in [0.1, 0.15) is 6.61 Å². The highest BCUT2D eigenvalue weighted by atomic mass is 16.5. The van der Waals surface area contributed by atoms with Crippen molar-refractivity contribution in [3.63, 3.8) is 0 Å². The number of para-hydroxylation sites is 1. The minimum absolute atomic E-state index is 0.165. The number of fused-ring (bicyclic) bond motifs is 1. The average Bonchev–Trinajstić information content (AvgIpc) is 3.02. The Morgan fingerprint density at radius 2 is 1.76 bits per heavy atom. The molecule has 0 N–H and O–H groups in total. The third-order valence-corrected chi connectivity index (χ3v) is 5.51. The first-order valence-electron chi connectivity index (χ1n) is 10.4. The van der Waals surface area contributed by atoms with Crippen molar-refractivity contribution in [2.75, 3.05) is 44.2 Å². The van der Waals surface area contributed by atoms with Crippen molar-refractivity contribution in [2.45, 2.75) is 19.3 Å². The van der Waals surface area contributed by atoms with Gasteiger partial charge in [-0.15, -0.1) is 0 Å². The van der Waals surface area contributed by atoms with Crippen molar-refractivity contribution in [3.05, 3.63) is 66.4 Å². The molecule has 5 nitrogen and oxygen atoms in total. The first-order valence-corrected chi connectivity index (χ1v) is 10.4. The first-order chi connectivity index (χ1) is 14.3. The molecular weight excluding hydrogens is 364 g/mol. The Balaban J connectivity index is 1.18. The van der Waals surface area contributed by atoms with E-state index < -0.39 is 0 Å². The van der Waals surface area contributed by atoms with Crippen LogP contribution in [0.1, 0.15) is 29.6 Å². The van der Waals surface area contributed by atoms with Gasteiger partial charge in [0.05, 0.1) is 6.26 Å². The molecule has 4 rings (SSSR count). The van der Waals surface area contributed by atoms with Gasteiger partial charge in [-0.25, -0.2) is 0 Å². The normalized spacial score (nSPS) is 16.5. The van der Waals surface area contributed by atoms with E-state index in [9.17, 15) is 4.79 Å². The second-order valence-corrected chi connectivity index (χ2v) is 7.51. The molecule has 0 bridgehead atoms. The highest BCUT2D eigenvalue weighted by Gasteiger charge is 2.17. The van der Waals surface area contributed by atoms with Crippen LogP contribution in [0, 0.1) is 0 Å². The third-order valence-electron chi connectivity index (χ3n) is 5.51. The maximum Gasteiger partial charge on any atom is 0.169 e. The molecule has 1 fully saturated rings. The van der Waals surface area contributed by atoms with Gasteiger partial charge in [0.15, 0.2) is 17.3 Å². The molecule has 0 saturated carbocycles. The third kappa shape index (κ3) is 5.18. The number of hydrogen-bond acceptors (Lipinski definition) is 5. The molecule has 1 saturated heterocycles. The number of rotatable bonds is 7. The van der Waals surface area contributed by atoms with Crippen molar-refractivity contribution in [1.29, 1.82) is 0 Å². The Kier molecular flexibility index (Phi) is 6.47. The van der Waals surface area contributed by atoms with Gasteiger partial charge >= 0.3 is 0 Å². The molecule has 0 unspecified atom stereocenters. The standard InChI is InChI=1S/C24H28N2O3/c27-22(20-10-11-23-24(19-20)29-18-6-17-28-23)9-4-5-12-25-13-15-26(16-14-25)21-7-2-1-3-8-21/h1-3,6-8,10-11,18-19H,4-5,9,12-17H2. The molecular formula is C24H28N2O3. The number of anilines is 1. The topological polar surface area (TPSA) is 42.0 Å². The predicted octanol–water partition coefficient (Wildman–Crippen LogP) is 4.15. The summed E-state index contributed by atoms with van der Waals surface area (Å²) in [4.78, 5) is 17.5. The summed E-state index contributed by atoms with van der Waals surface area (Å²) in [6.07, 6.45) is 5.94.